The second-order valence-electron chi connectivity index (χ2n) is 3.72. The van der Waals surface area contributed by atoms with Crippen LogP contribution in [-0.4, -0.2) is 20.2 Å². The van der Waals surface area contributed by atoms with Gasteiger partial charge in [0.05, 0.1) is 5.69 Å². The lowest BCUT2D eigenvalue weighted by atomic mass is 10.2. The molecule has 0 atom stereocenters. The molecule has 0 amide bonds. The van der Waals surface area contributed by atoms with Crippen molar-refractivity contribution in [1.29, 1.82) is 0 Å². The van der Waals surface area contributed by atoms with Crippen LogP contribution in [0.2, 0.25) is 0 Å². The maximum absolute atomic E-state index is 4.38. The fourth-order valence-electron chi connectivity index (χ4n) is 1.64. The Morgan fingerprint density at radius 3 is 2.39 bits per heavy atom. The smallest absolute Gasteiger partial charge is 0.130 e. The van der Waals surface area contributed by atoms with Crippen LogP contribution in [0.25, 0.3) is 17.1 Å². The van der Waals surface area contributed by atoms with Gasteiger partial charge in [-0.3, -0.25) is 0 Å². The molecule has 4 nitrogen and oxygen atoms in total. The highest BCUT2D eigenvalue weighted by Crippen LogP contribution is 2.24. The molecule has 1 heterocycles. The maximum atomic E-state index is 4.38. The van der Waals surface area contributed by atoms with Crippen molar-refractivity contribution < 1.29 is 0 Å². The fraction of sp³-hybridized carbons (Fsp3) is 0. The number of tetrazole rings is 1. The SMILES string of the molecule is Brc1ccccc1-c1nnn(-c2ccccc2)n1. The van der Waals surface area contributed by atoms with E-state index >= 15 is 0 Å². The average molecular weight is 301 g/mol. The lowest BCUT2D eigenvalue weighted by molar-refractivity contribution is 0.720. The second kappa shape index (κ2) is 4.70. The zero-order valence-electron chi connectivity index (χ0n) is 9.36. The van der Waals surface area contributed by atoms with Gasteiger partial charge >= 0.3 is 0 Å². The van der Waals surface area contributed by atoms with Crippen molar-refractivity contribution in [2.75, 3.05) is 0 Å². The molecule has 0 aliphatic carbocycles. The molecule has 18 heavy (non-hydrogen) atoms. The molecule has 0 saturated heterocycles. The lowest BCUT2D eigenvalue weighted by Gasteiger charge is -1.98. The highest BCUT2D eigenvalue weighted by atomic mass is 79.9. The molecule has 0 spiro atoms. The molecule has 3 aromatic rings. The largest absolute Gasteiger partial charge is 0.206 e. The molecule has 1 aromatic heterocycles. The summed E-state index contributed by atoms with van der Waals surface area (Å²) in [5, 5.41) is 12.5. The number of aromatic nitrogens is 4. The monoisotopic (exact) mass is 300 g/mol. The van der Waals surface area contributed by atoms with E-state index in [0.29, 0.717) is 5.82 Å². The molecule has 0 fully saturated rings. The number of para-hydroxylation sites is 1. The summed E-state index contributed by atoms with van der Waals surface area (Å²) in [5.74, 6) is 0.603. The van der Waals surface area contributed by atoms with Gasteiger partial charge in [0.2, 0.25) is 5.82 Å². The van der Waals surface area contributed by atoms with Gasteiger partial charge in [0.15, 0.2) is 0 Å². The van der Waals surface area contributed by atoms with Gasteiger partial charge in [-0.2, -0.15) is 0 Å². The quantitative estimate of drug-likeness (QED) is 0.730. The van der Waals surface area contributed by atoms with E-state index in [-0.39, 0.29) is 0 Å². The first-order valence-corrected chi connectivity index (χ1v) is 6.24. The second-order valence-corrected chi connectivity index (χ2v) is 4.57. The van der Waals surface area contributed by atoms with Crippen LogP contribution in [0, 0.1) is 0 Å². The first-order valence-electron chi connectivity index (χ1n) is 5.45. The van der Waals surface area contributed by atoms with Crippen LogP contribution in [-0.2, 0) is 0 Å². The molecule has 0 N–H and O–H groups in total. The van der Waals surface area contributed by atoms with Crippen molar-refractivity contribution in [2.45, 2.75) is 0 Å². The van der Waals surface area contributed by atoms with Gasteiger partial charge in [0.25, 0.3) is 0 Å². The summed E-state index contributed by atoms with van der Waals surface area (Å²) in [7, 11) is 0. The van der Waals surface area contributed by atoms with Crippen LogP contribution in [0.1, 0.15) is 0 Å². The van der Waals surface area contributed by atoms with E-state index in [1.54, 1.807) is 0 Å². The third kappa shape index (κ3) is 2.04. The van der Waals surface area contributed by atoms with Crippen LogP contribution in [0.4, 0.5) is 0 Å². The molecule has 0 aliphatic rings. The summed E-state index contributed by atoms with van der Waals surface area (Å²) in [4.78, 5) is 1.52. The first-order chi connectivity index (χ1) is 8.84. The Bertz CT molecular complexity index is 664. The summed E-state index contributed by atoms with van der Waals surface area (Å²) in [6.07, 6.45) is 0. The van der Waals surface area contributed by atoms with Gasteiger partial charge in [-0.05, 0) is 29.5 Å². The minimum absolute atomic E-state index is 0.603. The Morgan fingerprint density at radius 2 is 1.61 bits per heavy atom. The molecule has 0 unspecified atom stereocenters. The number of benzene rings is 2. The van der Waals surface area contributed by atoms with E-state index in [4.69, 9.17) is 0 Å². The van der Waals surface area contributed by atoms with E-state index in [9.17, 15) is 0 Å². The van der Waals surface area contributed by atoms with Gasteiger partial charge in [-0.1, -0.05) is 46.3 Å². The van der Waals surface area contributed by atoms with Crippen molar-refractivity contribution in [3.05, 3.63) is 59.1 Å². The number of nitrogens with zero attached hydrogens (tertiary/aromatic N) is 4. The Hall–Kier alpha value is -2.01. The highest BCUT2D eigenvalue weighted by Gasteiger charge is 2.09. The van der Waals surface area contributed by atoms with Gasteiger partial charge in [-0.15, -0.1) is 15.0 Å². The van der Waals surface area contributed by atoms with Crippen LogP contribution in [0.5, 0.6) is 0 Å². The third-order valence-corrected chi connectivity index (χ3v) is 3.21. The Labute approximate surface area is 112 Å². The zero-order valence-corrected chi connectivity index (χ0v) is 10.9. The van der Waals surface area contributed by atoms with Crippen molar-refractivity contribution in [3.63, 3.8) is 0 Å². The van der Waals surface area contributed by atoms with E-state index in [1.807, 2.05) is 54.6 Å². The van der Waals surface area contributed by atoms with Crippen LogP contribution in [0.3, 0.4) is 0 Å². The van der Waals surface area contributed by atoms with Gasteiger partial charge < -0.3 is 0 Å². The molecular weight excluding hydrogens is 292 g/mol. The highest BCUT2D eigenvalue weighted by molar-refractivity contribution is 9.10. The molecule has 0 aliphatic heterocycles. The molecule has 5 heteroatoms. The Morgan fingerprint density at radius 1 is 0.889 bits per heavy atom. The van der Waals surface area contributed by atoms with Crippen LogP contribution >= 0.6 is 15.9 Å². The zero-order chi connectivity index (χ0) is 12.4. The summed E-state index contributed by atoms with van der Waals surface area (Å²) in [5.41, 5.74) is 1.82. The van der Waals surface area contributed by atoms with Gasteiger partial charge in [0.1, 0.15) is 0 Å². The number of hydrogen-bond donors (Lipinski definition) is 0. The van der Waals surface area contributed by atoms with Crippen molar-refractivity contribution in [1.82, 2.24) is 20.2 Å². The standard InChI is InChI=1S/C13H9BrN4/c14-12-9-5-4-8-11(12)13-15-17-18(16-13)10-6-2-1-3-7-10/h1-9H. The minimum atomic E-state index is 0.603. The molecule has 3 rings (SSSR count). The summed E-state index contributed by atoms with van der Waals surface area (Å²) < 4.78 is 0.956. The summed E-state index contributed by atoms with van der Waals surface area (Å²) in [6.45, 7) is 0. The molecule has 0 bridgehead atoms. The van der Waals surface area contributed by atoms with Crippen molar-refractivity contribution >= 4 is 15.9 Å². The third-order valence-electron chi connectivity index (χ3n) is 2.52. The maximum Gasteiger partial charge on any atom is 0.206 e. The summed E-state index contributed by atoms with van der Waals surface area (Å²) in [6, 6.07) is 17.5. The predicted octanol–water partition coefficient (Wildman–Crippen LogP) is 3.09. The van der Waals surface area contributed by atoms with E-state index < -0.39 is 0 Å². The Balaban J connectivity index is 2.03. The first kappa shape index (κ1) is 11.1. The van der Waals surface area contributed by atoms with E-state index in [2.05, 4.69) is 31.3 Å². The average Bonchev–Trinajstić information content (AvgIpc) is 2.90. The van der Waals surface area contributed by atoms with Crippen LogP contribution in [0.15, 0.2) is 59.1 Å². The Kier molecular flexibility index (Phi) is 2.90. The molecule has 2 aromatic carbocycles. The topological polar surface area (TPSA) is 43.6 Å². The molecular formula is C13H9BrN4. The minimum Gasteiger partial charge on any atom is -0.130 e. The number of rotatable bonds is 2. The van der Waals surface area contributed by atoms with Gasteiger partial charge in [0, 0.05) is 10.0 Å². The van der Waals surface area contributed by atoms with Crippen molar-refractivity contribution in [2.24, 2.45) is 0 Å². The lowest BCUT2D eigenvalue weighted by Crippen LogP contribution is -1.98. The molecule has 0 radical (unpaired) electrons. The summed E-state index contributed by atoms with van der Waals surface area (Å²) >= 11 is 3.48. The number of halogens is 1. The van der Waals surface area contributed by atoms with Crippen LogP contribution < -0.4 is 0 Å². The number of hydrogen-bond acceptors (Lipinski definition) is 3. The molecule has 0 saturated carbocycles. The van der Waals surface area contributed by atoms with Crippen molar-refractivity contribution in [3.8, 4) is 17.1 Å². The predicted molar refractivity (Wildman–Crippen MR) is 72.3 cm³/mol. The fourth-order valence-corrected chi connectivity index (χ4v) is 2.10. The molecule has 88 valence electrons. The van der Waals surface area contributed by atoms with E-state index in [1.165, 1.54) is 4.80 Å². The van der Waals surface area contributed by atoms with E-state index in [0.717, 1.165) is 15.7 Å². The van der Waals surface area contributed by atoms with Gasteiger partial charge in [-0.25, -0.2) is 0 Å². The normalized spacial score (nSPS) is 10.5.